The molecule has 0 bridgehead atoms. The molecule has 0 aliphatic carbocycles. The summed E-state index contributed by atoms with van der Waals surface area (Å²) in [5.41, 5.74) is 4.73. The Hall–Kier alpha value is -1.69. The maximum atomic E-state index is 5.60. The van der Waals surface area contributed by atoms with Crippen LogP contribution in [0.15, 0.2) is 30.3 Å². The second-order valence-corrected chi connectivity index (χ2v) is 5.49. The largest absolute Gasteiger partial charge is 0.377 e. The highest BCUT2D eigenvalue weighted by molar-refractivity contribution is 5.81. The molecule has 0 spiro atoms. The second-order valence-electron chi connectivity index (χ2n) is 5.49. The lowest BCUT2D eigenvalue weighted by Crippen LogP contribution is -2.25. The molecule has 0 aliphatic heterocycles. The second kappa shape index (κ2) is 7.36. The normalized spacial score (nSPS) is 11.5. The number of aromatic nitrogens is 1. The van der Waals surface area contributed by atoms with E-state index in [1.165, 1.54) is 0 Å². The molecule has 0 saturated carbocycles. The van der Waals surface area contributed by atoms with Crippen LogP contribution in [0.5, 0.6) is 0 Å². The summed E-state index contributed by atoms with van der Waals surface area (Å²) in [4.78, 5) is 6.76. The molecule has 0 aliphatic rings. The van der Waals surface area contributed by atoms with E-state index in [9.17, 15) is 0 Å². The van der Waals surface area contributed by atoms with Crippen LogP contribution in [0.3, 0.4) is 0 Å². The molecule has 21 heavy (non-hydrogen) atoms. The van der Waals surface area contributed by atoms with Crippen molar-refractivity contribution in [3.8, 4) is 0 Å². The molecule has 114 valence electrons. The number of rotatable bonds is 7. The zero-order valence-electron chi connectivity index (χ0n) is 13.0. The van der Waals surface area contributed by atoms with E-state index in [4.69, 9.17) is 10.6 Å². The number of nitrogen functional groups attached to an aromatic ring is 1. The van der Waals surface area contributed by atoms with Crippen molar-refractivity contribution in [1.82, 2.24) is 9.88 Å². The summed E-state index contributed by atoms with van der Waals surface area (Å²) in [5.74, 6) is 6.33. The molecule has 0 radical (unpaired) electrons. The number of likely N-dealkylation sites (N-methyl/N-ethyl adjacent to an activating group) is 1. The van der Waals surface area contributed by atoms with Crippen molar-refractivity contribution in [1.29, 1.82) is 0 Å². The molecule has 3 N–H and O–H groups in total. The van der Waals surface area contributed by atoms with E-state index in [-0.39, 0.29) is 6.10 Å². The molecule has 5 heteroatoms. The number of benzene rings is 1. The van der Waals surface area contributed by atoms with Gasteiger partial charge in [-0.15, -0.1) is 0 Å². The first-order valence-corrected chi connectivity index (χ1v) is 7.25. The van der Waals surface area contributed by atoms with Gasteiger partial charge in [-0.1, -0.05) is 18.2 Å². The first kappa shape index (κ1) is 15.7. The number of para-hydroxylation sites is 1. The number of hydrogen-bond donors (Lipinski definition) is 2. The van der Waals surface area contributed by atoms with Crippen LogP contribution in [0.25, 0.3) is 10.9 Å². The van der Waals surface area contributed by atoms with Gasteiger partial charge in [-0.2, -0.15) is 0 Å². The molecule has 1 aromatic heterocycles. The average Bonchev–Trinajstić information content (AvgIpc) is 2.46. The Morgan fingerprint density at radius 2 is 2.10 bits per heavy atom. The lowest BCUT2D eigenvalue weighted by atomic mass is 10.1. The Bertz CT molecular complexity index is 585. The Labute approximate surface area is 126 Å². The monoisotopic (exact) mass is 288 g/mol. The van der Waals surface area contributed by atoms with Gasteiger partial charge < -0.3 is 10.2 Å². The molecule has 0 unspecified atom stereocenters. The van der Waals surface area contributed by atoms with Crippen molar-refractivity contribution in [2.45, 2.75) is 26.5 Å². The number of nitrogens with one attached hydrogen (secondary N) is 1. The predicted octanol–water partition coefficient (Wildman–Crippen LogP) is 2.38. The molecule has 0 fully saturated rings. The minimum absolute atomic E-state index is 0.266. The third-order valence-electron chi connectivity index (χ3n) is 3.30. The molecular formula is C16H24N4O. The van der Waals surface area contributed by atoms with Gasteiger partial charge in [-0.25, -0.2) is 10.8 Å². The smallest absolute Gasteiger partial charge is 0.145 e. The van der Waals surface area contributed by atoms with E-state index in [1.54, 1.807) is 0 Å². The van der Waals surface area contributed by atoms with Crippen LogP contribution in [0.4, 0.5) is 5.82 Å². The van der Waals surface area contributed by atoms with Gasteiger partial charge in [0.05, 0.1) is 18.2 Å². The fourth-order valence-corrected chi connectivity index (χ4v) is 2.22. The number of hydrogen-bond acceptors (Lipinski definition) is 5. The van der Waals surface area contributed by atoms with Crippen LogP contribution in [0, 0.1) is 0 Å². The molecule has 5 nitrogen and oxygen atoms in total. The van der Waals surface area contributed by atoms with Crippen LogP contribution in [0.2, 0.25) is 0 Å². The Kier molecular flexibility index (Phi) is 5.50. The lowest BCUT2D eigenvalue weighted by molar-refractivity contribution is 0.0627. The quantitative estimate of drug-likeness (QED) is 0.605. The van der Waals surface area contributed by atoms with Gasteiger partial charge in [0, 0.05) is 24.0 Å². The van der Waals surface area contributed by atoms with Gasteiger partial charge in [0.1, 0.15) is 5.82 Å². The zero-order valence-corrected chi connectivity index (χ0v) is 13.0. The standard InChI is InChI=1S/C16H24N4O/c1-12(2)21-9-8-20(3)11-14-10-13-6-4-5-7-15(13)18-16(14)19-17/h4-7,10,12H,8-9,11,17H2,1-3H3,(H,18,19). The number of nitrogens with two attached hydrogens (primary N) is 1. The SMILES string of the molecule is CC(C)OCCN(C)Cc1cc2ccccc2nc1NN. The molecule has 2 rings (SSSR count). The van der Waals surface area contributed by atoms with Crippen molar-refractivity contribution in [3.05, 3.63) is 35.9 Å². The molecule has 1 aromatic carbocycles. The number of ether oxygens (including phenoxy) is 1. The molecular weight excluding hydrogens is 264 g/mol. The number of anilines is 1. The highest BCUT2D eigenvalue weighted by atomic mass is 16.5. The van der Waals surface area contributed by atoms with Crippen molar-refractivity contribution in [2.75, 3.05) is 25.6 Å². The van der Waals surface area contributed by atoms with Crippen LogP contribution in [0.1, 0.15) is 19.4 Å². The fraction of sp³-hybridized carbons (Fsp3) is 0.438. The summed E-state index contributed by atoms with van der Waals surface area (Å²) < 4.78 is 5.58. The third-order valence-corrected chi connectivity index (χ3v) is 3.30. The third kappa shape index (κ3) is 4.39. The summed E-state index contributed by atoms with van der Waals surface area (Å²) in [6, 6.07) is 10.2. The maximum Gasteiger partial charge on any atom is 0.145 e. The molecule has 0 atom stereocenters. The average molecular weight is 288 g/mol. The van der Waals surface area contributed by atoms with E-state index in [1.807, 2.05) is 32.0 Å². The summed E-state index contributed by atoms with van der Waals surface area (Å²) in [5, 5.41) is 1.12. The molecule has 0 amide bonds. The van der Waals surface area contributed by atoms with E-state index in [2.05, 4.69) is 34.5 Å². The molecule has 0 saturated heterocycles. The van der Waals surface area contributed by atoms with Gasteiger partial charge in [-0.05, 0) is 33.0 Å². The van der Waals surface area contributed by atoms with Gasteiger partial charge in [0.25, 0.3) is 0 Å². The van der Waals surface area contributed by atoms with Gasteiger partial charge in [-0.3, -0.25) is 4.90 Å². The first-order chi connectivity index (χ1) is 10.1. The minimum Gasteiger partial charge on any atom is -0.377 e. The molecule has 2 aromatic rings. The number of nitrogens with zero attached hydrogens (tertiary/aromatic N) is 2. The minimum atomic E-state index is 0.266. The summed E-state index contributed by atoms with van der Waals surface area (Å²) in [6.07, 6.45) is 0.266. The lowest BCUT2D eigenvalue weighted by Gasteiger charge is -2.19. The topological polar surface area (TPSA) is 63.4 Å². The van der Waals surface area contributed by atoms with Crippen LogP contribution in [-0.4, -0.2) is 36.2 Å². The summed E-state index contributed by atoms with van der Waals surface area (Å²) in [6.45, 7) is 6.46. The summed E-state index contributed by atoms with van der Waals surface area (Å²) in [7, 11) is 2.07. The van der Waals surface area contributed by atoms with Crippen LogP contribution in [-0.2, 0) is 11.3 Å². The Morgan fingerprint density at radius 1 is 1.33 bits per heavy atom. The number of fused-ring (bicyclic) bond motifs is 1. The van der Waals surface area contributed by atoms with E-state index < -0.39 is 0 Å². The van der Waals surface area contributed by atoms with E-state index >= 15 is 0 Å². The van der Waals surface area contributed by atoms with Crippen molar-refractivity contribution in [2.24, 2.45) is 5.84 Å². The first-order valence-electron chi connectivity index (χ1n) is 7.25. The zero-order chi connectivity index (χ0) is 15.2. The Balaban J connectivity index is 2.09. The Morgan fingerprint density at radius 3 is 2.81 bits per heavy atom. The summed E-state index contributed by atoms with van der Waals surface area (Å²) >= 11 is 0. The number of pyridine rings is 1. The van der Waals surface area contributed by atoms with Gasteiger partial charge >= 0.3 is 0 Å². The van der Waals surface area contributed by atoms with Gasteiger partial charge in [0.2, 0.25) is 0 Å². The highest BCUT2D eigenvalue weighted by Gasteiger charge is 2.09. The van der Waals surface area contributed by atoms with E-state index in [0.717, 1.165) is 42.0 Å². The van der Waals surface area contributed by atoms with Crippen LogP contribution < -0.4 is 11.3 Å². The van der Waals surface area contributed by atoms with Crippen molar-refractivity contribution >= 4 is 16.7 Å². The number of hydrazine groups is 1. The van der Waals surface area contributed by atoms with E-state index in [0.29, 0.717) is 0 Å². The van der Waals surface area contributed by atoms with Crippen LogP contribution >= 0.6 is 0 Å². The fourth-order valence-electron chi connectivity index (χ4n) is 2.22. The molecule has 1 heterocycles. The van der Waals surface area contributed by atoms with Crippen molar-refractivity contribution in [3.63, 3.8) is 0 Å². The predicted molar refractivity (Wildman–Crippen MR) is 87.0 cm³/mol. The van der Waals surface area contributed by atoms with Crippen molar-refractivity contribution < 1.29 is 4.74 Å². The maximum absolute atomic E-state index is 5.60. The van der Waals surface area contributed by atoms with Gasteiger partial charge in [0.15, 0.2) is 0 Å². The highest BCUT2D eigenvalue weighted by Crippen LogP contribution is 2.20.